The van der Waals surface area contributed by atoms with Crippen LogP contribution in [0.2, 0.25) is 0 Å². The average Bonchev–Trinajstić information content (AvgIpc) is 2.46. The van der Waals surface area contributed by atoms with Gasteiger partial charge in [0.2, 0.25) is 0 Å². The molecule has 1 atom stereocenters. The van der Waals surface area contributed by atoms with Crippen molar-refractivity contribution in [3.63, 3.8) is 0 Å². The summed E-state index contributed by atoms with van der Waals surface area (Å²) in [7, 11) is 0. The van der Waals surface area contributed by atoms with Gasteiger partial charge in [0.15, 0.2) is 0 Å². The molecule has 0 aromatic heterocycles. The second kappa shape index (κ2) is 7.98. The van der Waals surface area contributed by atoms with Gasteiger partial charge in [0.25, 0.3) is 0 Å². The van der Waals surface area contributed by atoms with Crippen LogP contribution in [-0.4, -0.2) is 11.6 Å². The largest absolute Gasteiger partial charge is 0.126 e. The Bertz CT molecular complexity index is 484. The highest BCUT2D eigenvalue weighted by molar-refractivity contribution is 9.10. The lowest BCUT2D eigenvalue weighted by molar-refractivity contribution is 0.747. The maximum Gasteiger partial charge on any atom is 0.0292 e. The lowest BCUT2D eigenvalue weighted by Crippen LogP contribution is -2.02. The molecule has 0 heterocycles. The van der Waals surface area contributed by atoms with Gasteiger partial charge in [-0.2, -0.15) is 0 Å². The maximum absolute atomic E-state index is 6.10. The maximum atomic E-state index is 6.10. The summed E-state index contributed by atoms with van der Waals surface area (Å²) < 4.78 is 1.11. The zero-order valence-electron chi connectivity index (χ0n) is 10.6. The number of hydrogen-bond acceptors (Lipinski definition) is 1. The van der Waals surface area contributed by atoms with Crippen molar-refractivity contribution in [3.05, 3.63) is 64.6 Å². The first-order valence-electron chi connectivity index (χ1n) is 6.29. The summed E-state index contributed by atoms with van der Waals surface area (Å²) >= 11 is 11.5. The summed E-state index contributed by atoms with van der Waals surface area (Å²) in [6.45, 7) is 0. The number of alkyl halides is 1. The molecular weight excluding hydrogens is 340 g/mol. The molecule has 100 valence electrons. The molecule has 0 N–H and O–H groups in total. The van der Waals surface area contributed by atoms with Crippen LogP contribution in [0.25, 0.3) is 0 Å². The van der Waals surface area contributed by atoms with E-state index in [9.17, 15) is 0 Å². The molecule has 0 saturated carbocycles. The van der Waals surface area contributed by atoms with Crippen LogP contribution >= 0.6 is 39.3 Å². The number of rotatable bonds is 6. The van der Waals surface area contributed by atoms with E-state index in [1.807, 2.05) is 17.8 Å². The molecule has 0 bridgehead atoms. The van der Waals surface area contributed by atoms with Gasteiger partial charge < -0.3 is 0 Å². The molecule has 2 rings (SSSR count). The van der Waals surface area contributed by atoms with E-state index in [1.165, 1.54) is 10.5 Å². The predicted octanol–water partition coefficient (Wildman–Crippen LogP) is 5.95. The Morgan fingerprint density at radius 3 is 2.32 bits per heavy atom. The molecule has 0 spiro atoms. The van der Waals surface area contributed by atoms with E-state index in [0.717, 1.165) is 16.6 Å². The third-order valence-electron chi connectivity index (χ3n) is 3.01. The van der Waals surface area contributed by atoms with E-state index in [0.29, 0.717) is 11.8 Å². The molecule has 0 fully saturated rings. The monoisotopic (exact) mass is 354 g/mol. The summed E-state index contributed by atoms with van der Waals surface area (Å²) in [5.74, 6) is 2.21. The van der Waals surface area contributed by atoms with Crippen molar-refractivity contribution in [2.24, 2.45) is 0 Å². The topological polar surface area (TPSA) is 0 Å². The predicted molar refractivity (Wildman–Crippen MR) is 89.4 cm³/mol. The standard InChI is InChI=1S/C16H16BrClS/c17-15-8-6-13(7-9-15)14(12-18)10-11-19-16-4-2-1-3-5-16/h1-9,14H,10-12H2. The van der Waals surface area contributed by atoms with Gasteiger partial charge >= 0.3 is 0 Å². The van der Waals surface area contributed by atoms with Gasteiger partial charge in [0.1, 0.15) is 0 Å². The minimum Gasteiger partial charge on any atom is -0.126 e. The summed E-state index contributed by atoms with van der Waals surface area (Å²) in [6.07, 6.45) is 1.10. The fourth-order valence-corrected chi connectivity index (χ4v) is 3.49. The molecule has 1 unspecified atom stereocenters. The zero-order chi connectivity index (χ0) is 13.5. The van der Waals surface area contributed by atoms with Crippen LogP contribution in [0.1, 0.15) is 17.9 Å². The van der Waals surface area contributed by atoms with E-state index < -0.39 is 0 Å². The van der Waals surface area contributed by atoms with E-state index in [1.54, 1.807) is 0 Å². The van der Waals surface area contributed by atoms with Crippen LogP contribution in [0.5, 0.6) is 0 Å². The summed E-state index contributed by atoms with van der Waals surface area (Å²) in [6, 6.07) is 19.0. The van der Waals surface area contributed by atoms with Gasteiger partial charge in [0, 0.05) is 15.2 Å². The van der Waals surface area contributed by atoms with Gasteiger partial charge in [-0.05, 0) is 47.9 Å². The van der Waals surface area contributed by atoms with Crippen LogP contribution in [0, 0.1) is 0 Å². The Labute approximate surface area is 132 Å². The van der Waals surface area contributed by atoms with Gasteiger partial charge in [0.05, 0.1) is 0 Å². The lowest BCUT2D eigenvalue weighted by atomic mass is 9.99. The van der Waals surface area contributed by atoms with Crippen molar-refractivity contribution in [2.75, 3.05) is 11.6 Å². The van der Waals surface area contributed by atoms with E-state index >= 15 is 0 Å². The van der Waals surface area contributed by atoms with Crippen molar-refractivity contribution >= 4 is 39.3 Å². The first-order chi connectivity index (χ1) is 9.29. The Hall–Kier alpha value is -0.440. The van der Waals surface area contributed by atoms with Crippen LogP contribution in [0.3, 0.4) is 0 Å². The average molecular weight is 356 g/mol. The van der Waals surface area contributed by atoms with Crippen LogP contribution < -0.4 is 0 Å². The van der Waals surface area contributed by atoms with Gasteiger partial charge in [-0.15, -0.1) is 23.4 Å². The van der Waals surface area contributed by atoms with Crippen molar-refractivity contribution in [2.45, 2.75) is 17.2 Å². The van der Waals surface area contributed by atoms with Crippen LogP contribution in [0.4, 0.5) is 0 Å². The lowest BCUT2D eigenvalue weighted by Gasteiger charge is -2.14. The molecular formula is C16H16BrClS. The minimum absolute atomic E-state index is 0.436. The first-order valence-corrected chi connectivity index (χ1v) is 8.60. The van der Waals surface area contributed by atoms with Gasteiger partial charge in [-0.3, -0.25) is 0 Å². The summed E-state index contributed by atoms with van der Waals surface area (Å²) in [5, 5.41) is 0. The highest BCUT2D eigenvalue weighted by Gasteiger charge is 2.10. The smallest absolute Gasteiger partial charge is 0.0292 e. The Morgan fingerprint density at radius 2 is 1.68 bits per heavy atom. The molecule has 2 aromatic rings. The fraction of sp³-hybridized carbons (Fsp3) is 0.250. The molecule has 0 radical (unpaired) electrons. The number of thioether (sulfide) groups is 1. The normalized spacial score (nSPS) is 12.3. The van der Waals surface area contributed by atoms with Crippen molar-refractivity contribution in [3.8, 4) is 0 Å². The van der Waals surface area contributed by atoms with Crippen LogP contribution in [0.15, 0.2) is 64.0 Å². The Balaban J connectivity index is 1.87. The second-order valence-electron chi connectivity index (χ2n) is 4.35. The first kappa shape index (κ1) is 15.0. The molecule has 0 saturated heterocycles. The molecule has 0 amide bonds. The SMILES string of the molecule is ClCC(CCSc1ccccc1)c1ccc(Br)cc1. The van der Waals surface area contributed by atoms with Crippen molar-refractivity contribution < 1.29 is 0 Å². The number of hydrogen-bond donors (Lipinski definition) is 0. The van der Waals surface area contributed by atoms with E-state index in [-0.39, 0.29) is 0 Å². The number of benzene rings is 2. The highest BCUT2D eigenvalue weighted by atomic mass is 79.9. The van der Waals surface area contributed by atoms with E-state index in [4.69, 9.17) is 11.6 Å². The molecule has 19 heavy (non-hydrogen) atoms. The molecule has 3 heteroatoms. The minimum atomic E-state index is 0.436. The van der Waals surface area contributed by atoms with Gasteiger partial charge in [-0.1, -0.05) is 46.3 Å². The van der Waals surface area contributed by atoms with Crippen LogP contribution in [-0.2, 0) is 0 Å². The molecule has 2 aromatic carbocycles. The molecule has 0 aliphatic heterocycles. The van der Waals surface area contributed by atoms with Crippen molar-refractivity contribution in [1.29, 1.82) is 0 Å². The van der Waals surface area contributed by atoms with Crippen molar-refractivity contribution in [1.82, 2.24) is 0 Å². The third-order valence-corrected chi connectivity index (χ3v) is 4.95. The molecule has 0 aliphatic carbocycles. The summed E-state index contributed by atoms with van der Waals surface area (Å²) in [5.41, 5.74) is 1.33. The Kier molecular flexibility index (Phi) is 6.29. The van der Waals surface area contributed by atoms with Gasteiger partial charge in [-0.25, -0.2) is 0 Å². The number of halogens is 2. The molecule has 0 nitrogen and oxygen atoms in total. The Morgan fingerprint density at radius 1 is 1.00 bits per heavy atom. The second-order valence-corrected chi connectivity index (χ2v) is 6.75. The third kappa shape index (κ3) is 4.87. The summed E-state index contributed by atoms with van der Waals surface area (Å²) in [4.78, 5) is 1.33. The quantitative estimate of drug-likeness (QED) is 0.455. The fourth-order valence-electron chi connectivity index (χ4n) is 1.90. The molecule has 0 aliphatic rings. The highest BCUT2D eigenvalue weighted by Crippen LogP contribution is 2.27. The zero-order valence-corrected chi connectivity index (χ0v) is 13.7. The van der Waals surface area contributed by atoms with E-state index in [2.05, 4.69) is 64.5 Å².